The quantitative estimate of drug-likeness (QED) is 0.756. The minimum atomic E-state index is -1.07. The van der Waals surface area contributed by atoms with Gasteiger partial charge in [0.25, 0.3) is 0 Å². The second-order valence-electron chi connectivity index (χ2n) is 4.52. The Labute approximate surface area is 133 Å². The van der Waals surface area contributed by atoms with E-state index in [0.717, 1.165) is 5.56 Å². The summed E-state index contributed by atoms with van der Waals surface area (Å²) in [5, 5.41) is 14.4. The van der Waals surface area contributed by atoms with Gasteiger partial charge in [0.2, 0.25) is 5.91 Å². The van der Waals surface area contributed by atoms with Crippen LogP contribution in [0.4, 0.5) is 5.69 Å². The molecule has 22 heavy (non-hydrogen) atoms. The molecule has 0 fully saturated rings. The molecular weight excluding hydrogens is 300 g/mol. The molecule has 2 aromatic carbocycles. The molecule has 0 aliphatic heterocycles. The monoisotopic (exact) mass is 314 g/mol. The smallest absolute Gasteiger partial charge is 0.337 e. The Morgan fingerprint density at radius 3 is 2.32 bits per heavy atom. The number of anilines is 1. The van der Waals surface area contributed by atoms with Crippen LogP contribution >= 0.6 is 12.2 Å². The molecule has 3 N–H and O–H groups in total. The van der Waals surface area contributed by atoms with E-state index in [4.69, 9.17) is 17.3 Å². The first-order valence-corrected chi connectivity index (χ1v) is 6.94. The van der Waals surface area contributed by atoms with Gasteiger partial charge >= 0.3 is 5.97 Å². The summed E-state index contributed by atoms with van der Waals surface area (Å²) >= 11 is 5.04. The van der Waals surface area contributed by atoms with Crippen LogP contribution in [-0.2, 0) is 11.2 Å². The standard InChI is InChI=1S/C16H14N2O3S/c19-14(10-11-6-2-1-3-7-11)18-16(22)17-13-9-5-4-8-12(13)15(20)21/h1-9H,10H2,(H,20,21)(H2,17,18,19,22). The van der Waals surface area contributed by atoms with E-state index in [0.29, 0.717) is 5.69 Å². The van der Waals surface area contributed by atoms with Crippen LogP contribution < -0.4 is 10.6 Å². The molecule has 6 heteroatoms. The summed E-state index contributed by atoms with van der Waals surface area (Å²) in [6, 6.07) is 15.6. The fourth-order valence-corrected chi connectivity index (χ4v) is 2.11. The lowest BCUT2D eigenvalue weighted by Crippen LogP contribution is -2.35. The summed E-state index contributed by atoms with van der Waals surface area (Å²) in [5.41, 5.74) is 1.29. The molecule has 0 aromatic heterocycles. The van der Waals surface area contributed by atoms with E-state index in [1.165, 1.54) is 6.07 Å². The van der Waals surface area contributed by atoms with Crippen molar-refractivity contribution in [1.82, 2.24) is 5.32 Å². The van der Waals surface area contributed by atoms with Crippen molar-refractivity contribution < 1.29 is 14.7 Å². The third-order valence-corrected chi connectivity index (χ3v) is 3.07. The molecule has 0 bridgehead atoms. The maximum Gasteiger partial charge on any atom is 0.337 e. The number of para-hydroxylation sites is 1. The zero-order valence-electron chi connectivity index (χ0n) is 11.6. The summed E-state index contributed by atoms with van der Waals surface area (Å²) in [7, 11) is 0. The van der Waals surface area contributed by atoms with Gasteiger partial charge in [-0.3, -0.25) is 4.79 Å². The molecule has 0 saturated heterocycles. The minimum absolute atomic E-state index is 0.0645. The molecule has 0 radical (unpaired) electrons. The summed E-state index contributed by atoms with van der Waals surface area (Å²) in [6.07, 6.45) is 0.198. The van der Waals surface area contributed by atoms with Gasteiger partial charge in [-0.25, -0.2) is 4.79 Å². The van der Waals surface area contributed by atoms with E-state index < -0.39 is 5.97 Å². The second-order valence-corrected chi connectivity index (χ2v) is 4.92. The summed E-state index contributed by atoms with van der Waals surface area (Å²) in [4.78, 5) is 23.0. The molecule has 0 atom stereocenters. The fourth-order valence-electron chi connectivity index (χ4n) is 1.88. The number of rotatable bonds is 4. The normalized spacial score (nSPS) is 9.82. The largest absolute Gasteiger partial charge is 0.478 e. The zero-order chi connectivity index (χ0) is 15.9. The molecular formula is C16H14N2O3S. The summed E-state index contributed by atoms with van der Waals surface area (Å²) in [5.74, 6) is -1.34. The van der Waals surface area contributed by atoms with E-state index >= 15 is 0 Å². The van der Waals surface area contributed by atoms with Gasteiger partial charge in [0.15, 0.2) is 5.11 Å². The number of carbonyl (C=O) groups excluding carboxylic acids is 1. The van der Waals surface area contributed by atoms with Gasteiger partial charge in [0.05, 0.1) is 17.7 Å². The molecule has 2 aromatic rings. The van der Waals surface area contributed by atoms with E-state index in [2.05, 4.69) is 10.6 Å². The number of hydrogen-bond acceptors (Lipinski definition) is 3. The SMILES string of the molecule is O=C(Cc1ccccc1)NC(=S)Nc1ccccc1C(=O)O. The Morgan fingerprint density at radius 2 is 1.64 bits per heavy atom. The van der Waals surface area contributed by atoms with Gasteiger partial charge in [-0.1, -0.05) is 42.5 Å². The first kappa shape index (κ1) is 15.7. The molecule has 0 aliphatic carbocycles. The van der Waals surface area contributed by atoms with E-state index in [1.807, 2.05) is 30.3 Å². The number of thiocarbonyl (C=S) groups is 1. The van der Waals surface area contributed by atoms with Crippen LogP contribution in [0.25, 0.3) is 0 Å². The number of carboxylic acids is 1. The van der Waals surface area contributed by atoms with Gasteiger partial charge in [-0.2, -0.15) is 0 Å². The van der Waals surface area contributed by atoms with Gasteiger partial charge in [-0.05, 0) is 29.9 Å². The lowest BCUT2D eigenvalue weighted by atomic mass is 10.1. The molecule has 1 amide bonds. The summed E-state index contributed by atoms with van der Waals surface area (Å²) < 4.78 is 0. The minimum Gasteiger partial charge on any atom is -0.478 e. The highest BCUT2D eigenvalue weighted by molar-refractivity contribution is 7.80. The van der Waals surface area contributed by atoms with Gasteiger partial charge in [0.1, 0.15) is 0 Å². The molecule has 0 spiro atoms. The van der Waals surface area contributed by atoms with Crippen molar-refractivity contribution in [2.75, 3.05) is 5.32 Å². The highest BCUT2D eigenvalue weighted by atomic mass is 32.1. The molecule has 0 saturated carbocycles. The first-order chi connectivity index (χ1) is 10.6. The third kappa shape index (κ3) is 4.39. The molecule has 0 unspecified atom stereocenters. The van der Waals surface area contributed by atoms with E-state index in [1.54, 1.807) is 18.2 Å². The van der Waals surface area contributed by atoms with Gasteiger partial charge in [-0.15, -0.1) is 0 Å². The fraction of sp³-hybridized carbons (Fsp3) is 0.0625. The highest BCUT2D eigenvalue weighted by Gasteiger charge is 2.11. The number of nitrogens with one attached hydrogen (secondary N) is 2. The second kappa shape index (κ2) is 7.33. The first-order valence-electron chi connectivity index (χ1n) is 6.53. The van der Waals surface area contributed by atoms with Crippen LogP contribution in [0.1, 0.15) is 15.9 Å². The highest BCUT2D eigenvalue weighted by Crippen LogP contribution is 2.14. The Balaban J connectivity index is 1.96. The number of amides is 1. The number of carboxylic acid groups (broad SMARTS) is 1. The third-order valence-electron chi connectivity index (χ3n) is 2.87. The van der Waals surface area contributed by atoms with Gasteiger partial charge < -0.3 is 15.7 Å². The average molecular weight is 314 g/mol. The maximum absolute atomic E-state index is 11.9. The average Bonchev–Trinajstić information content (AvgIpc) is 2.48. The number of carbonyl (C=O) groups is 2. The lowest BCUT2D eigenvalue weighted by Gasteiger charge is -2.11. The van der Waals surface area contributed by atoms with Crippen LogP contribution in [0.5, 0.6) is 0 Å². The van der Waals surface area contributed by atoms with Crippen LogP contribution in [0.2, 0.25) is 0 Å². The van der Waals surface area contributed by atoms with E-state index in [-0.39, 0.29) is 23.0 Å². The van der Waals surface area contributed by atoms with Crippen molar-refractivity contribution in [2.45, 2.75) is 6.42 Å². The predicted octanol–water partition coefficient (Wildman–Crippen LogP) is 2.44. The van der Waals surface area contributed by atoms with Crippen molar-refractivity contribution in [1.29, 1.82) is 0 Å². The van der Waals surface area contributed by atoms with Crippen molar-refractivity contribution in [3.05, 3.63) is 65.7 Å². The molecule has 0 aliphatic rings. The van der Waals surface area contributed by atoms with Crippen molar-refractivity contribution in [3.63, 3.8) is 0 Å². The Kier molecular flexibility index (Phi) is 5.21. The Morgan fingerprint density at radius 1 is 1.00 bits per heavy atom. The number of benzene rings is 2. The zero-order valence-corrected chi connectivity index (χ0v) is 12.4. The molecule has 5 nitrogen and oxygen atoms in total. The summed E-state index contributed by atoms with van der Waals surface area (Å²) in [6.45, 7) is 0. The molecule has 0 heterocycles. The molecule has 2 rings (SSSR count). The lowest BCUT2D eigenvalue weighted by molar-refractivity contribution is -0.119. The maximum atomic E-state index is 11.9. The van der Waals surface area contributed by atoms with Crippen molar-refractivity contribution in [2.24, 2.45) is 0 Å². The molecule has 112 valence electrons. The van der Waals surface area contributed by atoms with E-state index in [9.17, 15) is 9.59 Å². The number of hydrogen-bond donors (Lipinski definition) is 3. The van der Waals surface area contributed by atoms with Gasteiger partial charge in [0, 0.05) is 0 Å². The van der Waals surface area contributed by atoms with Crippen molar-refractivity contribution in [3.8, 4) is 0 Å². The van der Waals surface area contributed by atoms with Crippen LogP contribution in [0.15, 0.2) is 54.6 Å². The predicted molar refractivity (Wildman–Crippen MR) is 87.9 cm³/mol. The topological polar surface area (TPSA) is 78.4 Å². The van der Waals surface area contributed by atoms with Crippen molar-refractivity contribution >= 4 is 34.9 Å². The Hall–Kier alpha value is -2.73. The Bertz CT molecular complexity index is 702. The van der Waals surface area contributed by atoms with Crippen LogP contribution in [0.3, 0.4) is 0 Å². The number of aromatic carboxylic acids is 1. The van der Waals surface area contributed by atoms with Crippen LogP contribution in [0, 0.1) is 0 Å². The van der Waals surface area contributed by atoms with Crippen LogP contribution in [-0.4, -0.2) is 22.1 Å².